The molecule has 0 amide bonds. The van der Waals surface area contributed by atoms with E-state index >= 15 is 0 Å². The van der Waals surface area contributed by atoms with Crippen LogP contribution in [0.3, 0.4) is 0 Å². The molecule has 4 heteroatoms. The van der Waals surface area contributed by atoms with Crippen LogP contribution >= 0.6 is 23.1 Å². The quantitative estimate of drug-likeness (QED) is 0.757. The summed E-state index contributed by atoms with van der Waals surface area (Å²) in [4.78, 5) is 1.38. The molecule has 0 aliphatic carbocycles. The topological polar surface area (TPSA) is 46.2 Å². The summed E-state index contributed by atoms with van der Waals surface area (Å²) in [6.45, 7) is 4.45. The van der Waals surface area contributed by atoms with Crippen LogP contribution < -0.4 is 5.73 Å². The molecule has 0 radical (unpaired) electrons. The van der Waals surface area contributed by atoms with Crippen LogP contribution in [0.5, 0.6) is 0 Å². The van der Waals surface area contributed by atoms with Gasteiger partial charge in [-0.3, -0.25) is 0 Å². The third-order valence-electron chi connectivity index (χ3n) is 2.24. The average molecular weight is 245 g/mol. The van der Waals surface area contributed by atoms with Gasteiger partial charge in [-0.15, -0.1) is 11.3 Å². The molecule has 0 aliphatic heterocycles. The first kappa shape index (κ1) is 13.0. The molecule has 0 spiro atoms. The van der Waals surface area contributed by atoms with E-state index in [1.807, 2.05) is 11.8 Å². The Balaban J connectivity index is 2.62. The Labute approximate surface area is 99.9 Å². The zero-order valence-corrected chi connectivity index (χ0v) is 10.9. The maximum atomic E-state index is 8.76. The summed E-state index contributed by atoms with van der Waals surface area (Å²) < 4.78 is 0. The molecule has 0 aliphatic rings. The van der Waals surface area contributed by atoms with Gasteiger partial charge >= 0.3 is 0 Å². The number of hydrogen-bond donors (Lipinski definition) is 2. The third-order valence-corrected chi connectivity index (χ3v) is 5.04. The van der Waals surface area contributed by atoms with E-state index in [9.17, 15) is 0 Å². The predicted molar refractivity (Wildman–Crippen MR) is 69.6 cm³/mol. The molecule has 1 aromatic rings. The summed E-state index contributed by atoms with van der Waals surface area (Å²) in [6.07, 6.45) is 0.846. The predicted octanol–water partition coefficient (Wildman–Crippen LogP) is 2.56. The standard InChI is InChI=1S/C11H19NOS2/c1-8-4-7-15-10(8)11(9(2)12)14-6-3-5-13/h4,7,9,11,13H,3,5-6,12H2,1-2H3. The molecule has 1 heterocycles. The Morgan fingerprint density at radius 1 is 1.60 bits per heavy atom. The van der Waals surface area contributed by atoms with Crippen LogP contribution in [-0.2, 0) is 0 Å². The summed E-state index contributed by atoms with van der Waals surface area (Å²) in [6, 6.07) is 2.30. The van der Waals surface area contributed by atoms with Crippen molar-refractivity contribution >= 4 is 23.1 Å². The van der Waals surface area contributed by atoms with Gasteiger partial charge < -0.3 is 10.8 Å². The van der Waals surface area contributed by atoms with E-state index < -0.39 is 0 Å². The highest BCUT2D eigenvalue weighted by Gasteiger charge is 2.19. The molecule has 2 unspecified atom stereocenters. The number of thiophene rings is 1. The first-order valence-corrected chi connectivity index (χ1v) is 7.11. The highest BCUT2D eigenvalue weighted by molar-refractivity contribution is 7.99. The van der Waals surface area contributed by atoms with Gasteiger partial charge in [0.15, 0.2) is 0 Å². The third kappa shape index (κ3) is 3.79. The normalized spacial score (nSPS) is 15.2. The fraction of sp³-hybridized carbons (Fsp3) is 0.636. The molecule has 0 bridgehead atoms. The number of thioether (sulfide) groups is 1. The Bertz CT molecular complexity index is 286. The van der Waals surface area contributed by atoms with Crippen LogP contribution in [0.15, 0.2) is 11.4 Å². The minimum Gasteiger partial charge on any atom is -0.396 e. The Kier molecular flexibility index (Phi) is 5.68. The summed E-state index contributed by atoms with van der Waals surface area (Å²) in [7, 11) is 0. The van der Waals surface area contributed by atoms with Gasteiger partial charge in [-0.1, -0.05) is 0 Å². The summed E-state index contributed by atoms with van der Waals surface area (Å²) >= 11 is 3.63. The zero-order valence-electron chi connectivity index (χ0n) is 9.27. The fourth-order valence-corrected chi connectivity index (χ4v) is 4.00. The van der Waals surface area contributed by atoms with Crippen LogP contribution in [0.2, 0.25) is 0 Å². The summed E-state index contributed by atoms with van der Waals surface area (Å²) in [5, 5.41) is 11.3. The van der Waals surface area contributed by atoms with Crippen LogP contribution in [0.4, 0.5) is 0 Å². The van der Waals surface area contributed by atoms with E-state index in [2.05, 4.69) is 25.3 Å². The second-order valence-corrected chi connectivity index (χ2v) is 5.89. The van der Waals surface area contributed by atoms with Crippen molar-refractivity contribution < 1.29 is 5.11 Å². The molecule has 86 valence electrons. The smallest absolute Gasteiger partial charge is 0.0542 e. The number of aliphatic hydroxyl groups excluding tert-OH is 1. The van der Waals surface area contributed by atoms with Crippen LogP contribution in [0.1, 0.15) is 29.0 Å². The Hall–Kier alpha value is -0.0300. The number of hydrogen-bond acceptors (Lipinski definition) is 4. The van der Waals surface area contributed by atoms with Crippen molar-refractivity contribution in [3.63, 3.8) is 0 Å². The lowest BCUT2D eigenvalue weighted by Gasteiger charge is -2.20. The number of aliphatic hydroxyl groups is 1. The van der Waals surface area contributed by atoms with E-state index in [0.29, 0.717) is 5.25 Å². The SMILES string of the molecule is Cc1ccsc1C(SCCCO)C(C)N. The lowest BCUT2D eigenvalue weighted by Crippen LogP contribution is -2.22. The minimum absolute atomic E-state index is 0.158. The minimum atomic E-state index is 0.158. The van der Waals surface area contributed by atoms with Crippen LogP contribution in [0.25, 0.3) is 0 Å². The second kappa shape index (κ2) is 6.53. The maximum absolute atomic E-state index is 8.76. The fourth-order valence-electron chi connectivity index (χ4n) is 1.42. The molecule has 2 atom stereocenters. The molecule has 15 heavy (non-hydrogen) atoms. The van der Waals surface area contributed by atoms with Gasteiger partial charge in [-0.25, -0.2) is 0 Å². The molecule has 2 nitrogen and oxygen atoms in total. The van der Waals surface area contributed by atoms with Crippen molar-refractivity contribution in [2.24, 2.45) is 5.73 Å². The molecular weight excluding hydrogens is 226 g/mol. The lowest BCUT2D eigenvalue weighted by molar-refractivity contribution is 0.296. The van der Waals surface area contributed by atoms with Crippen molar-refractivity contribution in [1.29, 1.82) is 0 Å². The molecule has 1 aromatic heterocycles. The van der Waals surface area contributed by atoms with E-state index in [1.54, 1.807) is 11.3 Å². The molecule has 0 saturated heterocycles. The van der Waals surface area contributed by atoms with E-state index in [-0.39, 0.29) is 12.6 Å². The van der Waals surface area contributed by atoms with Crippen molar-refractivity contribution in [1.82, 2.24) is 0 Å². The second-order valence-electron chi connectivity index (χ2n) is 3.70. The first-order valence-electron chi connectivity index (χ1n) is 5.19. The molecular formula is C11H19NOS2. The average Bonchev–Trinajstić information content (AvgIpc) is 2.59. The monoisotopic (exact) mass is 245 g/mol. The maximum Gasteiger partial charge on any atom is 0.0542 e. The Morgan fingerprint density at radius 2 is 2.33 bits per heavy atom. The zero-order chi connectivity index (χ0) is 11.3. The van der Waals surface area contributed by atoms with Gasteiger partial charge in [0.2, 0.25) is 0 Å². The van der Waals surface area contributed by atoms with Crippen LogP contribution in [-0.4, -0.2) is 23.5 Å². The van der Waals surface area contributed by atoms with Gasteiger partial charge in [0.25, 0.3) is 0 Å². The number of aryl methyl sites for hydroxylation is 1. The molecule has 3 N–H and O–H groups in total. The van der Waals surface area contributed by atoms with E-state index in [4.69, 9.17) is 10.8 Å². The van der Waals surface area contributed by atoms with Gasteiger partial charge in [-0.05, 0) is 43.0 Å². The van der Waals surface area contributed by atoms with E-state index in [1.165, 1.54) is 10.4 Å². The van der Waals surface area contributed by atoms with Gasteiger partial charge in [-0.2, -0.15) is 11.8 Å². The van der Waals surface area contributed by atoms with Gasteiger partial charge in [0.05, 0.1) is 5.25 Å². The van der Waals surface area contributed by atoms with Crippen molar-refractivity contribution in [2.75, 3.05) is 12.4 Å². The molecule has 0 saturated carbocycles. The molecule has 0 fully saturated rings. The number of rotatable bonds is 6. The van der Waals surface area contributed by atoms with Gasteiger partial charge in [0.1, 0.15) is 0 Å². The molecule has 0 aromatic carbocycles. The van der Waals surface area contributed by atoms with Crippen molar-refractivity contribution in [3.05, 3.63) is 21.9 Å². The van der Waals surface area contributed by atoms with Crippen LogP contribution in [0, 0.1) is 6.92 Å². The van der Waals surface area contributed by atoms with Gasteiger partial charge in [0, 0.05) is 17.5 Å². The van der Waals surface area contributed by atoms with Crippen molar-refractivity contribution in [2.45, 2.75) is 31.6 Å². The largest absolute Gasteiger partial charge is 0.396 e. The molecule has 1 rings (SSSR count). The summed E-state index contributed by atoms with van der Waals surface area (Å²) in [5.74, 6) is 0.972. The lowest BCUT2D eigenvalue weighted by atomic mass is 10.1. The van der Waals surface area contributed by atoms with E-state index in [0.717, 1.165) is 12.2 Å². The first-order chi connectivity index (χ1) is 7.16. The van der Waals surface area contributed by atoms with Crippen molar-refractivity contribution in [3.8, 4) is 0 Å². The Morgan fingerprint density at radius 3 is 2.80 bits per heavy atom. The highest BCUT2D eigenvalue weighted by Crippen LogP contribution is 2.36. The number of nitrogens with two attached hydrogens (primary N) is 1. The highest BCUT2D eigenvalue weighted by atomic mass is 32.2. The summed E-state index contributed by atoms with van der Waals surface area (Å²) in [5.41, 5.74) is 7.33.